The Morgan fingerprint density at radius 2 is 1.58 bits per heavy atom. The van der Waals surface area contributed by atoms with Gasteiger partial charge in [-0.25, -0.2) is 0 Å². The van der Waals surface area contributed by atoms with Gasteiger partial charge in [-0.05, 0) is 19.4 Å². The summed E-state index contributed by atoms with van der Waals surface area (Å²) in [5, 5.41) is 0. The molecule has 5 nitrogen and oxygen atoms in total. The number of unbranched alkanes of at least 4 members (excludes halogenated alkanes) is 1. The molecular formula is C14H24N2O3. The van der Waals surface area contributed by atoms with Gasteiger partial charge in [0.05, 0.1) is 21.3 Å². The standard InChI is InChI=1S/C14H24N2O3/c1-16(8-6-5-7-15)14-12(18-3)9-11(17-2)10-13(14)19-4/h9-10H,5-8,15H2,1-4H3. The van der Waals surface area contributed by atoms with Crippen molar-refractivity contribution in [3.8, 4) is 17.2 Å². The van der Waals surface area contributed by atoms with Crippen LogP contribution in [0.5, 0.6) is 17.2 Å². The van der Waals surface area contributed by atoms with Crippen LogP contribution in [0.15, 0.2) is 12.1 Å². The Kier molecular flexibility index (Phi) is 6.29. The highest BCUT2D eigenvalue weighted by Gasteiger charge is 2.16. The Bertz CT molecular complexity index is 371. The molecule has 1 rings (SSSR count). The molecule has 0 radical (unpaired) electrons. The number of ether oxygens (including phenoxy) is 3. The number of hydrogen-bond donors (Lipinski definition) is 1. The lowest BCUT2D eigenvalue weighted by Crippen LogP contribution is -2.20. The molecule has 0 spiro atoms. The van der Waals surface area contributed by atoms with Crippen LogP contribution in [0.4, 0.5) is 5.69 Å². The van der Waals surface area contributed by atoms with Crippen LogP contribution < -0.4 is 24.8 Å². The maximum Gasteiger partial charge on any atom is 0.149 e. The molecule has 0 unspecified atom stereocenters. The van der Waals surface area contributed by atoms with E-state index in [2.05, 4.69) is 4.90 Å². The van der Waals surface area contributed by atoms with Crippen molar-refractivity contribution in [1.29, 1.82) is 0 Å². The summed E-state index contributed by atoms with van der Waals surface area (Å²) in [5.74, 6) is 2.20. The van der Waals surface area contributed by atoms with E-state index in [1.807, 2.05) is 19.2 Å². The number of hydrogen-bond acceptors (Lipinski definition) is 5. The fraction of sp³-hybridized carbons (Fsp3) is 0.571. The first kappa shape index (κ1) is 15.4. The largest absolute Gasteiger partial charge is 0.496 e. The molecule has 0 bridgehead atoms. The number of anilines is 1. The summed E-state index contributed by atoms with van der Waals surface area (Å²) in [6.07, 6.45) is 2.04. The second kappa shape index (κ2) is 7.74. The number of rotatable bonds is 8. The maximum absolute atomic E-state index is 5.52. The van der Waals surface area contributed by atoms with E-state index in [-0.39, 0.29) is 0 Å². The monoisotopic (exact) mass is 268 g/mol. The van der Waals surface area contributed by atoms with Gasteiger partial charge in [0, 0.05) is 25.7 Å². The molecule has 5 heteroatoms. The quantitative estimate of drug-likeness (QED) is 0.730. The molecule has 0 fully saturated rings. The molecule has 0 aliphatic rings. The van der Waals surface area contributed by atoms with Crippen molar-refractivity contribution in [1.82, 2.24) is 0 Å². The molecular weight excluding hydrogens is 244 g/mol. The van der Waals surface area contributed by atoms with E-state index in [4.69, 9.17) is 19.9 Å². The lowest BCUT2D eigenvalue weighted by molar-refractivity contribution is 0.375. The average Bonchev–Trinajstić information content (AvgIpc) is 2.45. The van der Waals surface area contributed by atoms with Gasteiger partial charge < -0.3 is 24.8 Å². The fourth-order valence-corrected chi connectivity index (χ4v) is 1.97. The molecule has 0 atom stereocenters. The molecule has 0 saturated carbocycles. The smallest absolute Gasteiger partial charge is 0.149 e. The van der Waals surface area contributed by atoms with Crippen LogP contribution in [-0.4, -0.2) is 41.5 Å². The second-order valence-corrected chi connectivity index (χ2v) is 4.30. The lowest BCUT2D eigenvalue weighted by Gasteiger charge is -2.24. The fourth-order valence-electron chi connectivity index (χ4n) is 1.97. The molecule has 2 N–H and O–H groups in total. The number of nitrogens with two attached hydrogens (primary N) is 1. The van der Waals surface area contributed by atoms with Gasteiger partial charge in [0.15, 0.2) is 0 Å². The minimum Gasteiger partial charge on any atom is -0.496 e. The first-order chi connectivity index (χ1) is 9.17. The zero-order valence-electron chi connectivity index (χ0n) is 12.2. The Morgan fingerprint density at radius 3 is 2.00 bits per heavy atom. The van der Waals surface area contributed by atoms with Crippen molar-refractivity contribution >= 4 is 5.69 Å². The van der Waals surface area contributed by atoms with Gasteiger partial charge in [-0.3, -0.25) is 0 Å². The van der Waals surface area contributed by atoms with E-state index in [1.54, 1.807) is 21.3 Å². The summed E-state index contributed by atoms with van der Waals surface area (Å²) in [6.45, 7) is 1.61. The zero-order valence-corrected chi connectivity index (χ0v) is 12.2. The molecule has 0 saturated heterocycles. The first-order valence-corrected chi connectivity index (χ1v) is 6.39. The topological polar surface area (TPSA) is 57.0 Å². The molecule has 0 aliphatic carbocycles. The van der Waals surface area contributed by atoms with Gasteiger partial charge in [-0.1, -0.05) is 0 Å². The number of benzene rings is 1. The highest BCUT2D eigenvalue weighted by Crippen LogP contribution is 2.41. The minimum atomic E-state index is 0.713. The summed E-state index contributed by atoms with van der Waals surface area (Å²) >= 11 is 0. The molecule has 1 aromatic carbocycles. The van der Waals surface area contributed by atoms with Gasteiger partial charge in [-0.15, -0.1) is 0 Å². The maximum atomic E-state index is 5.52. The van der Waals surface area contributed by atoms with Crippen molar-refractivity contribution in [2.24, 2.45) is 5.73 Å². The second-order valence-electron chi connectivity index (χ2n) is 4.30. The van der Waals surface area contributed by atoms with Crippen molar-refractivity contribution in [3.05, 3.63) is 12.1 Å². The average molecular weight is 268 g/mol. The molecule has 1 aromatic rings. The normalized spacial score (nSPS) is 10.2. The summed E-state index contributed by atoms with van der Waals surface area (Å²) in [7, 11) is 6.93. The Labute approximate surface area is 115 Å². The Hall–Kier alpha value is -1.62. The molecule has 19 heavy (non-hydrogen) atoms. The highest BCUT2D eigenvalue weighted by atomic mass is 16.5. The third-order valence-electron chi connectivity index (χ3n) is 3.02. The van der Waals surface area contributed by atoms with Crippen molar-refractivity contribution < 1.29 is 14.2 Å². The van der Waals surface area contributed by atoms with Crippen LogP contribution in [0, 0.1) is 0 Å². The van der Waals surface area contributed by atoms with Crippen LogP contribution in [-0.2, 0) is 0 Å². The summed E-state index contributed by atoms with van der Waals surface area (Å²) in [6, 6.07) is 3.72. The summed E-state index contributed by atoms with van der Waals surface area (Å²) in [4.78, 5) is 2.12. The SMILES string of the molecule is COc1cc(OC)c(N(C)CCCCN)c(OC)c1. The van der Waals surface area contributed by atoms with Gasteiger partial charge >= 0.3 is 0 Å². The molecule has 0 amide bonds. The molecule has 108 valence electrons. The van der Waals surface area contributed by atoms with Crippen LogP contribution in [0.1, 0.15) is 12.8 Å². The third kappa shape index (κ3) is 3.92. The van der Waals surface area contributed by atoms with E-state index in [1.165, 1.54) is 0 Å². The zero-order chi connectivity index (χ0) is 14.3. The van der Waals surface area contributed by atoms with E-state index in [9.17, 15) is 0 Å². The lowest BCUT2D eigenvalue weighted by atomic mass is 10.2. The van der Waals surface area contributed by atoms with E-state index in [0.29, 0.717) is 12.3 Å². The van der Waals surface area contributed by atoms with Gasteiger partial charge in [0.2, 0.25) is 0 Å². The Balaban J connectivity index is 3.02. The van der Waals surface area contributed by atoms with Gasteiger partial charge in [-0.2, -0.15) is 0 Å². The number of methoxy groups -OCH3 is 3. The molecule has 0 aromatic heterocycles. The Morgan fingerprint density at radius 1 is 1.00 bits per heavy atom. The number of nitrogens with zero attached hydrogens (tertiary/aromatic N) is 1. The summed E-state index contributed by atoms with van der Waals surface area (Å²) < 4.78 is 16.1. The van der Waals surface area contributed by atoms with Gasteiger partial charge in [0.25, 0.3) is 0 Å². The van der Waals surface area contributed by atoms with Crippen molar-refractivity contribution in [2.75, 3.05) is 46.4 Å². The third-order valence-corrected chi connectivity index (χ3v) is 3.02. The predicted molar refractivity (Wildman–Crippen MR) is 77.7 cm³/mol. The van der Waals surface area contributed by atoms with E-state index >= 15 is 0 Å². The minimum absolute atomic E-state index is 0.713. The summed E-state index contributed by atoms with van der Waals surface area (Å²) in [5.41, 5.74) is 6.45. The first-order valence-electron chi connectivity index (χ1n) is 6.39. The molecule has 0 aliphatic heterocycles. The highest BCUT2D eigenvalue weighted by molar-refractivity contribution is 5.70. The predicted octanol–water partition coefficient (Wildman–Crippen LogP) is 1.89. The van der Waals surface area contributed by atoms with Crippen LogP contribution in [0.3, 0.4) is 0 Å². The van der Waals surface area contributed by atoms with Crippen molar-refractivity contribution in [2.45, 2.75) is 12.8 Å². The van der Waals surface area contributed by atoms with Crippen LogP contribution in [0.25, 0.3) is 0 Å². The van der Waals surface area contributed by atoms with E-state index < -0.39 is 0 Å². The van der Waals surface area contributed by atoms with Crippen molar-refractivity contribution in [3.63, 3.8) is 0 Å². The van der Waals surface area contributed by atoms with Crippen LogP contribution in [0.2, 0.25) is 0 Å². The van der Waals surface area contributed by atoms with E-state index in [0.717, 1.165) is 36.6 Å². The van der Waals surface area contributed by atoms with Crippen LogP contribution >= 0.6 is 0 Å². The van der Waals surface area contributed by atoms with Gasteiger partial charge in [0.1, 0.15) is 22.9 Å². The molecule has 0 heterocycles.